The molecule has 0 radical (unpaired) electrons. The molecule has 0 spiro atoms. The third-order valence-corrected chi connectivity index (χ3v) is 5.37. The van der Waals surface area contributed by atoms with Crippen molar-refractivity contribution in [3.8, 4) is 0 Å². The molecule has 0 fully saturated rings. The fourth-order valence-corrected chi connectivity index (χ4v) is 3.76. The van der Waals surface area contributed by atoms with Crippen LogP contribution >= 0.6 is 0 Å². The number of carbonyl (C=O) groups excluding carboxylic acids is 1. The first-order valence-electron chi connectivity index (χ1n) is 10.7. The third kappa shape index (κ3) is 6.21. The summed E-state index contributed by atoms with van der Waals surface area (Å²) in [4.78, 5) is 25.3. The molecule has 1 aliphatic rings. The molecular weight excluding hydrogens is 479 g/mol. The summed E-state index contributed by atoms with van der Waals surface area (Å²) in [7, 11) is 2.59. The molecule has 0 saturated heterocycles. The number of halogens is 3. The van der Waals surface area contributed by atoms with E-state index >= 15 is 0 Å². The van der Waals surface area contributed by atoms with Gasteiger partial charge in [0.25, 0.3) is 0 Å². The zero-order valence-corrected chi connectivity index (χ0v) is 19.4. The first-order valence-corrected chi connectivity index (χ1v) is 10.7. The SMILES string of the molecule is COC(OC)C1=C(C(=O)OC/C=C/c2ccccc2)C(c2cccc(C(F)(F)F)c2)C(C(=O)O)=CN1. The van der Waals surface area contributed by atoms with E-state index in [9.17, 15) is 27.9 Å². The van der Waals surface area contributed by atoms with Crippen LogP contribution in [0.3, 0.4) is 0 Å². The van der Waals surface area contributed by atoms with Crippen LogP contribution in [0.25, 0.3) is 6.08 Å². The van der Waals surface area contributed by atoms with Crippen molar-refractivity contribution in [3.63, 3.8) is 0 Å². The number of benzene rings is 2. The minimum atomic E-state index is -4.67. The lowest BCUT2D eigenvalue weighted by atomic mass is 9.81. The summed E-state index contributed by atoms with van der Waals surface area (Å²) in [6.45, 7) is -0.170. The Labute approximate surface area is 205 Å². The molecule has 1 atom stereocenters. The summed E-state index contributed by atoms with van der Waals surface area (Å²) < 4.78 is 56.1. The number of hydrogen-bond donors (Lipinski definition) is 2. The summed E-state index contributed by atoms with van der Waals surface area (Å²) in [5.74, 6) is -3.76. The number of methoxy groups -OCH3 is 2. The molecule has 36 heavy (non-hydrogen) atoms. The highest BCUT2D eigenvalue weighted by molar-refractivity contribution is 5.98. The number of rotatable bonds is 9. The predicted molar refractivity (Wildman–Crippen MR) is 124 cm³/mol. The van der Waals surface area contributed by atoms with Crippen molar-refractivity contribution in [2.24, 2.45) is 0 Å². The molecule has 0 saturated carbocycles. The lowest BCUT2D eigenvalue weighted by Gasteiger charge is -2.30. The van der Waals surface area contributed by atoms with E-state index in [1.807, 2.05) is 30.3 Å². The summed E-state index contributed by atoms with van der Waals surface area (Å²) in [5.41, 5.74) is -0.755. The first-order chi connectivity index (χ1) is 17.2. The lowest BCUT2D eigenvalue weighted by Crippen LogP contribution is -2.36. The Bertz CT molecular complexity index is 1180. The van der Waals surface area contributed by atoms with Gasteiger partial charge in [-0.3, -0.25) is 0 Å². The Kier molecular flexibility index (Phi) is 8.68. The molecule has 1 unspecified atom stereocenters. The maximum atomic E-state index is 13.4. The van der Waals surface area contributed by atoms with Gasteiger partial charge in [-0.25, -0.2) is 9.59 Å². The number of alkyl halides is 3. The molecule has 3 rings (SSSR count). The Morgan fingerprint density at radius 3 is 2.39 bits per heavy atom. The lowest BCUT2D eigenvalue weighted by molar-refractivity contribution is -0.139. The van der Waals surface area contributed by atoms with E-state index < -0.39 is 35.9 Å². The van der Waals surface area contributed by atoms with Crippen LogP contribution in [0.5, 0.6) is 0 Å². The molecular formula is C26H24F3NO6. The fourth-order valence-electron chi connectivity index (χ4n) is 3.76. The maximum Gasteiger partial charge on any atom is 0.416 e. The Balaban J connectivity index is 2.04. The van der Waals surface area contributed by atoms with E-state index in [2.05, 4.69) is 5.32 Å². The average Bonchev–Trinajstić information content (AvgIpc) is 2.87. The average molecular weight is 503 g/mol. The molecule has 2 aromatic carbocycles. The molecule has 0 amide bonds. The number of aliphatic carboxylic acids is 1. The van der Waals surface area contributed by atoms with Crippen molar-refractivity contribution >= 4 is 18.0 Å². The highest BCUT2D eigenvalue weighted by atomic mass is 19.4. The van der Waals surface area contributed by atoms with Crippen LogP contribution in [0, 0.1) is 0 Å². The maximum absolute atomic E-state index is 13.4. The normalized spacial score (nSPS) is 16.2. The van der Waals surface area contributed by atoms with Crippen LogP contribution < -0.4 is 5.32 Å². The number of carbonyl (C=O) groups is 2. The van der Waals surface area contributed by atoms with Gasteiger partial charge in [-0.05, 0) is 23.3 Å². The number of ether oxygens (including phenoxy) is 3. The second kappa shape index (κ2) is 11.7. The highest BCUT2D eigenvalue weighted by Gasteiger charge is 2.40. The van der Waals surface area contributed by atoms with Gasteiger partial charge in [-0.15, -0.1) is 0 Å². The Hall–Kier alpha value is -3.89. The van der Waals surface area contributed by atoms with Gasteiger partial charge < -0.3 is 24.6 Å². The van der Waals surface area contributed by atoms with Gasteiger partial charge in [0, 0.05) is 20.4 Å². The number of hydrogen-bond acceptors (Lipinski definition) is 6. The van der Waals surface area contributed by atoms with Crippen LogP contribution in [0.1, 0.15) is 22.6 Å². The van der Waals surface area contributed by atoms with E-state index in [1.165, 1.54) is 20.3 Å². The van der Waals surface area contributed by atoms with Crippen molar-refractivity contribution in [2.45, 2.75) is 18.4 Å². The molecule has 0 aromatic heterocycles. The molecule has 1 heterocycles. The first kappa shape index (κ1) is 26.7. The third-order valence-electron chi connectivity index (χ3n) is 5.37. The van der Waals surface area contributed by atoms with Gasteiger partial charge >= 0.3 is 18.1 Å². The van der Waals surface area contributed by atoms with Gasteiger partial charge in [-0.2, -0.15) is 13.2 Å². The summed E-state index contributed by atoms with van der Waals surface area (Å²) in [6, 6.07) is 13.4. The molecule has 190 valence electrons. The van der Waals surface area contributed by atoms with Crippen LogP contribution in [-0.2, 0) is 30.0 Å². The van der Waals surface area contributed by atoms with Crippen molar-refractivity contribution < 1.29 is 42.1 Å². The zero-order chi connectivity index (χ0) is 26.3. The minimum Gasteiger partial charge on any atom is -0.478 e. The van der Waals surface area contributed by atoms with Gasteiger partial charge in [0.05, 0.1) is 28.3 Å². The smallest absolute Gasteiger partial charge is 0.416 e. The van der Waals surface area contributed by atoms with Crippen LogP contribution in [0.15, 0.2) is 83.7 Å². The van der Waals surface area contributed by atoms with Crippen molar-refractivity contribution in [1.82, 2.24) is 5.32 Å². The van der Waals surface area contributed by atoms with Crippen molar-refractivity contribution in [2.75, 3.05) is 20.8 Å². The highest BCUT2D eigenvalue weighted by Crippen LogP contribution is 2.40. The minimum absolute atomic E-state index is 0.0180. The molecule has 0 aliphatic carbocycles. The van der Waals surface area contributed by atoms with E-state index in [0.717, 1.165) is 30.0 Å². The fraction of sp³-hybridized carbons (Fsp3) is 0.231. The number of carboxylic acid groups (broad SMARTS) is 1. The number of carboxylic acids is 1. The summed E-state index contributed by atoms with van der Waals surface area (Å²) >= 11 is 0. The summed E-state index contributed by atoms with van der Waals surface area (Å²) in [5, 5.41) is 12.5. The zero-order valence-electron chi connectivity index (χ0n) is 19.4. The van der Waals surface area contributed by atoms with Crippen LogP contribution in [0.4, 0.5) is 13.2 Å². The van der Waals surface area contributed by atoms with E-state index in [1.54, 1.807) is 12.2 Å². The largest absolute Gasteiger partial charge is 0.478 e. The molecule has 2 N–H and O–H groups in total. The predicted octanol–water partition coefficient (Wildman–Crippen LogP) is 4.49. The topological polar surface area (TPSA) is 94.1 Å². The number of nitrogens with one attached hydrogen (secondary N) is 1. The van der Waals surface area contributed by atoms with E-state index in [4.69, 9.17) is 14.2 Å². The molecule has 1 aliphatic heterocycles. The second-order valence-electron chi connectivity index (χ2n) is 7.65. The standard InChI is InChI=1S/C26H24F3NO6/c1-34-25(35-2)22-21(24(33)36-13-7-10-16-8-4-3-5-9-16)20(19(15-30-22)23(31)32)17-11-6-12-18(14-17)26(27,28)29/h3-12,14-15,20,25,30H,13H2,1-2H3,(H,31,32)/b10-7+. The monoisotopic (exact) mass is 503 g/mol. The van der Waals surface area contributed by atoms with Gasteiger partial charge in [0.1, 0.15) is 6.61 Å². The van der Waals surface area contributed by atoms with Gasteiger partial charge in [0.2, 0.25) is 0 Å². The quantitative estimate of drug-likeness (QED) is 0.385. The van der Waals surface area contributed by atoms with Gasteiger partial charge in [0.15, 0.2) is 6.29 Å². The Morgan fingerprint density at radius 1 is 1.08 bits per heavy atom. The van der Waals surface area contributed by atoms with Crippen molar-refractivity contribution in [3.05, 3.63) is 100 Å². The van der Waals surface area contributed by atoms with Crippen LogP contribution in [-0.4, -0.2) is 44.2 Å². The number of dihydropyridines is 1. The van der Waals surface area contributed by atoms with Crippen LogP contribution in [0.2, 0.25) is 0 Å². The molecule has 0 bridgehead atoms. The molecule has 7 nitrogen and oxygen atoms in total. The van der Waals surface area contributed by atoms with E-state index in [0.29, 0.717) is 0 Å². The van der Waals surface area contributed by atoms with Gasteiger partial charge in [-0.1, -0.05) is 54.6 Å². The molecule has 10 heteroatoms. The number of esters is 1. The molecule has 2 aromatic rings. The van der Waals surface area contributed by atoms with E-state index in [-0.39, 0.29) is 29.0 Å². The Morgan fingerprint density at radius 2 is 1.78 bits per heavy atom. The summed E-state index contributed by atoms with van der Waals surface area (Å²) in [6.07, 6.45) is -1.41. The van der Waals surface area contributed by atoms with Crippen molar-refractivity contribution in [1.29, 1.82) is 0 Å². The second-order valence-corrected chi connectivity index (χ2v) is 7.65.